The normalized spacial score (nSPS) is 10.9. The van der Waals surface area contributed by atoms with E-state index in [9.17, 15) is 30.7 Å². The predicted octanol–water partition coefficient (Wildman–Crippen LogP) is 7.79. The first-order valence-electron chi connectivity index (χ1n) is 10.8. The first-order chi connectivity index (χ1) is 16.6. The highest BCUT2D eigenvalue weighted by atomic mass is 19.4. The van der Waals surface area contributed by atoms with Gasteiger partial charge in [0.15, 0.2) is 0 Å². The molecule has 0 aliphatic carbocycles. The van der Waals surface area contributed by atoms with Gasteiger partial charge < -0.3 is 0 Å². The zero-order valence-electron chi connectivity index (χ0n) is 18.6. The molecule has 0 N–H and O–H groups in total. The third-order valence-corrected chi connectivity index (χ3v) is 5.08. The van der Waals surface area contributed by atoms with Crippen LogP contribution in [-0.2, 0) is 12.6 Å². The highest BCUT2D eigenvalue weighted by Gasteiger charge is 2.37. The molecule has 0 aromatic heterocycles. The number of unbranched alkanes of at least 4 members (excludes halogenated alkanes) is 2. The summed E-state index contributed by atoms with van der Waals surface area (Å²) in [6.07, 6.45) is -1.31. The van der Waals surface area contributed by atoms with Crippen LogP contribution >= 0.6 is 0 Å². The van der Waals surface area contributed by atoms with Gasteiger partial charge in [0.1, 0.15) is 28.8 Å². The second-order valence-corrected chi connectivity index (χ2v) is 7.78. The zero-order chi connectivity index (χ0) is 25.6. The summed E-state index contributed by atoms with van der Waals surface area (Å²) in [4.78, 5) is 0. The Labute approximate surface area is 198 Å². The van der Waals surface area contributed by atoms with Crippen molar-refractivity contribution in [3.05, 3.63) is 105 Å². The van der Waals surface area contributed by atoms with E-state index < -0.39 is 35.0 Å². The van der Waals surface area contributed by atoms with Gasteiger partial charge in [-0.2, -0.15) is 13.2 Å². The van der Waals surface area contributed by atoms with E-state index in [0.29, 0.717) is 12.1 Å². The summed E-state index contributed by atoms with van der Waals surface area (Å²) in [5, 5.41) is 0. The Hall–Kier alpha value is -3.71. The van der Waals surface area contributed by atoms with Gasteiger partial charge in [0.05, 0.1) is 11.1 Å². The minimum Gasteiger partial charge on any atom is -0.206 e. The van der Waals surface area contributed by atoms with E-state index in [1.165, 1.54) is 18.2 Å². The Kier molecular flexibility index (Phi) is 8.25. The second kappa shape index (κ2) is 11.1. The van der Waals surface area contributed by atoms with Crippen molar-refractivity contribution in [2.24, 2.45) is 0 Å². The van der Waals surface area contributed by atoms with Crippen molar-refractivity contribution in [2.75, 3.05) is 0 Å². The number of hydrogen-bond acceptors (Lipinski definition) is 0. The number of halogens is 7. The zero-order valence-corrected chi connectivity index (χ0v) is 18.6. The average Bonchev–Trinajstić information content (AvgIpc) is 2.76. The van der Waals surface area contributed by atoms with Crippen molar-refractivity contribution in [3.8, 4) is 23.7 Å². The third kappa shape index (κ3) is 6.90. The summed E-state index contributed by atoms with van der Waals surface area (Å²) in [5.41, 5.74) is -1.27. The molecule has 0 radical (unpaired) electrons. The highest BCUT2D eigenvalue weighted by molar-refractivity contribution is 5.49. The number of alkyl halides is 3. The molecule has 0 heterocycles. The summed E-state index contributed by atoms with van der Waals surface area (Å²) < 4.78 is 94.0. The van der Waals surface area contributed by atoms with E-state index >= 15 is 0 Å². The van der Waals surface area contributed by atoms with Crippen LogP contribution in [0.3, 0.4) is 0 Å². The lowest BCUT2D eigenvalue weighted by Gasteiger charge is -2.09. The lowest BCUT2D eigenvalue weighted by atomic mass is 10.0. The van der Waals surface area contributed by atoms with Gasteiger partial charge in [-0.3, -0.25) is 0 Å². The van der Waals surface area contributed by atoms with Gasteiger partial charge in [-0.15, -0.1) is 0 Å². The molecule has 3 aromatic rings. The van der Waals surface area contributed by atoms with Crippen molar-refractivity contribution in [2.45, 2.75) is 38.8 Å². The van der Waals surface area contributed by atoms with E-state index in [2.05, 4.69) is 30.6 Å². The summed E-state index contributed by atoms with van der Waals surface area (Å²) in [6.45, 7) is 2.09. The van der Waals surface area contributed by atoms with Crippen LogP contribution in [0.4, 0.5) is 30.7 Å². The SMILES string of the molecule is CCCCCc1ccc(C#Cc2ccc(C#Cc3cc(F)c(C(F)(F)F)c(F)c3)c(F)c2)c(F)c1. The van der Waals surface area contributed by atoms with Crippen LogP contribution in [0.1, 0.15) is 59.6 Å². The van der Waals surface area contributed by atoms with Crippen molar-refractivity contribution < 1.29 is 30.7 Å². The van der Waals surface area contributed by atoms with Gasteiger partial charge in [-0.1, -0.05) is 49.5 Å². The lowest BCUT2D eigenvalue weighted by Crippen LogP contribution is -2.11. The molecule has 3 rings (SSSR count). The third-order valence-electron chi connectivity index (χ3n) is 5.08. The van der Waals surface area contributed by atoms with E-state index in [1.54, 1.807) is 12.1 Å². The standard InChI is InChI=1S/C28H19F7/c1-2-3-4-5-18-6-10-21(23(29)14-18)11-7-19-8-12-22(24(30)15-19)13-9-20-16-25(31)27(26(32)17-20)28(33,34)35/h6,8,10,12,14-17H,2-5H2,1H3. The molecule has 0 nitrogen and oxygen atoms in total. The monoisotopic (exact) mass is 488 g/mol. The molecule has 0 bridgehead atoms. The minimum absolute atomic E-state index is 0.154. The van der Waals surface area contributed by atoms with Crippen molar-refractivity contribution in [1.29, 1.82) is 0 Å². The number of rotatable bonds is 4. The van der Waals surface area contributed by atoms with Gasteiger partial charge in [0.2, 0.25) is 0 Å². The Bertz CT molecular complexity index is 1320. The Morgan fingerprint density at radius 3 is 1.71 bits per heavy atom. The lowest BCUT2D eigenvalue weighted by molar-refractivity contribution is -0.142. The molecule has 0 aliphatic heterocycles. The first kappa shape index (κ1) is 25.9. The summed E-state index contributed by atoms with van der Waals surface area (Å²) >= 11 is 0. The van der Waals surface area contributed by atoms with E-state index in [4.69, 9.17) is 0 Å². The first-order valence-corrected chi connectivity index (χ1v) is 10.8. The minimum atomic E-state index is -5.19. The van der Waals surface area contributed by atoms with E-state index in [-0.39, 0.29) is 22.3 Å². The van der Waals surface area contributed by atoms with Crippen molar-refractivity contribution in [1.82, 2.24) is 0 Å². The molecular weight excluding hydrogens is 469 g/mol. The van der Waals surface area contributed by atoms with Crippen LogP contribution < -0.4 is 0 Å². The van der Waals surface area contributed by atoms with Crippen molar-refractivity contribution in [3.63, 3.8) is 0 Å². The van der Waals surface area contributed by atoms with E-state index in [1.807, 2.05) is 0 Å². The Morgan fingerprint density at radius 2 is 1.17 bits per heavy atom. The fraction of sp³-hybridized carbons (Fsp3) is 0.214. The van der Waals surface area contributed by atoms with Crippen LogP contribution in [-0.4, -0.2) is 0 Å². The highest BCUT2D eigenvalue weighted by Crippen LogP contribution is 2.33. The molecular formula is C28H19F7. The van der Waals surface area contributed by atoms with E-state index in [0.717, 1.165) is 37.3 Å². The maximum atomic E-state index is 14.4. The number of benzene rings is 3. The molecule has 0 spiro atoms. The molecule has 7 heteroatoms. The van der Waals surface area contributed by atoms with Crippen LogP contribution in [0, 0.1) is 47.0 Å². The number of hydrogen-bond donors (Lipinski definition) is 0. The largest absolute Gasteiger partial charge is 0.422 e. The van der Waals surface area contributed by atoms with Gasteiger partial charge in [-0.25, -0.2) is 17.6 Å². The molecule has 0 saturated carbocycles. The summed E-state index contributed by atoms with van der Waals surface area (Å²) in [5.74, 6) is 5.01. The van der Waals surface area contributed by atoms with Crippen LogP contribution in [0.2, 0.25) is 0 Å². The summed E-state index contributed by atoms with van der Waals surface area (Å²) in [7, 11) is 0. The van der Waals surface area contributed by atoms with Gasteiger partial charge in [0.25, 0.3) is 0 Å². The molecule has 180 valence electrons. The molecule has 35 heavy (non-hydrogen) atoms. The fourth-order valence-corrected chi connectivity index (χ4v) is 3.28. The predicted molar refractivity (Wildman–Crippen MR) is 119 cm³/mol. The summed E-state index contributed by atoms with van der Waals surface area (Å²) in [6, 6.07) is 9.41. The van der Waals surface area contributed by atoms with Gasteiger partial charge in [-0.05, 0) is 60.9 Å². The molecule has 0 saturated heterocycles. The Morgan fingerprint density at radius 1 is 0.629 bits per heavy atom. The average molecular weight is 488 g/mol. The van der Waals surface area contributed by atoms with Crippen LogP contribution in [0.15, 0.2) is 48.5 Å². The number of aryl methyl sites for hydroxylation is 1. The fourth-order valence-electron chi connectivity index (χ4n) is 3.28. The molecule has 0 atom stereocenters. The van der Waals surface area contributed by atoms with Crippen LogP contribution in [0.5, 0.6) is 0 Å². The molecule has 3 aromatic carbocycles. The molecule has 0 aliphatic rings. The molecule has 0 unspecified atom stereocenters. The quantitative estimate of drug-likeness (QED) is 0.200. The van der Waals surface area contributed by atoms with Gasteiger partial charge >= 0.3 is 6.18 Å². The van der Waals surface area contributed by atoms with Gasteiger partial charge in [0, 0.05) is 11.1 Å². The second-order valence-electron chi connectivity index (χ2n) is 7.78. The maximum absolute atomic E-state index is 14.4. The smallest absolute Gasteiger partial charge is 0.206 e. The Balaban J connectivity index is 1.77. The molecule has 0 fully saturated rings. The van der Waals surface area contributed by atoms with Crippen LogP contribution in [0.25, 0.3) is 0 Å². The topological polar surface area (TPSA) is 0 Å². The van der Waals surface area contributed by atoms with Crippen molar-refractivity contribution >= 4 is 0 Å². The maximum Gasteiger partial charge on any atom is 0.422 e. The molecule has 0 amide bonds.